The zero-order valence-electron chi connectivity index (χ0n) is 35.0. The van der Waals surface area contributed by atoms with Crippen molar-refractivity contribution < 1.29 is 42.8 Å². The number of aryl methyl sites for hydroxylation is 1. The lowest BCUT2D eigenvalue weighted by Crippen LogP contribution is -3.00. The Balaban J connectivity index is 0.0000146. The first kappa shape index (κ1) is 50.5. The quantitative estimate of drug-likeness (QED) is 0.0421. The number of amides is 1. The monoisotopic (exact) mass is 882 g/mol. The van der Waals surface area contributed by atoms with Crippen molar-refractivity contribution in [1.29, 1.82) is 0 Å². The molecule has 7 heteroatoms. The second-order valence-corrected chi connectivity index (χ2v) is 16.0. The predicted octanol–water partition coefficient (Wildman–Crippen LogP) is 11.0. The summed E-state index contributed by atoms with van der Waals surface area (Å²) in [5.74, 6) is 1.20. The Labute approximate surface area is 354 Å². The van der Waals surface area contributed by atoms with Gasteiger partial charge in [0.05, 0.1) is 11.6 Å². The van der Waals surface area contributed by atoms with Crippen LogP contribution in [-0.4, -0.2) is 18.6 Å². The molecule has 2 aromatic rings. The van der Waals surface area contributed by atoms with Crippen molar-refractivity contribution >= 4 is 17.5 Å². The number of rotatable bonds is 36. The van der Waals surface area contributed by atoms with E-state index >= 15 is 0 Å². The minimum atomic E-state index is -0.570. The van der Waals surface area contributed by atoms with Crippen LogP contribution in [0.2, 0.25) is 5.02 Å². The molecule has 1 atom stereocenters. The van der Waals surface area contributed by atoms with Crippen molar-refractivity contribution in [3.8, 4) is 11.5 Å². The lowest BCUT2D eigenvalue weighted by Gasteiger charge is -2.19. The number of unbranched alkanes of at least 4 members (excludes halogenated alkanes) is 26. The second kappa shape index (κ2) is 35.8. The highest BCUT2D eigenvalue weighted by atomic mass is 127. The number of pyridine rings is 1. The van der Waals surface area contributed by atoms with Crippen LogP contribution in [0.5, 0.6) is 11.5 Å². The third-order valence-corrected chi connectivity index (χ3v) is 11.0. The molecule has 54 heavy (non-hydrogen) atoms. The van der Waals surface area contributed by atoms with E-state index in [0.29, 0.717) is 36.1 Å². The fraction of sp³-hybridized carbons (Fsp3) is 0.745. The molecule has 0 aliphatic heterocycles. The topological polar surface area (TPSA) is 51.4 Å². The maximum absolute atomic E-state index is 13.4. The molecule has 1 unspecified atom stereocenters. The number of ether oxygens (including phenoxy) is 2. The molecule has 5 nitrogen and oxygen atoms in total. The van der Waals surface area contributed by atoms with Crippen LogP contribution >= 0.6 is 11.6 Å². The summed E-state index contributed by atoms with van der Waals surface area (Å²) in [5.41, 5.74) is 1.04. The van der Waals surface area contributed by atoms with Crippen LogP contribution in [0, 0.1) is 0 Å². The van der Waals surface area contributed by atoms with Crippen LogP contribution in [-0.2, 0) is 18.4 Å². The summed E-state index contributed by atoms with van der Waals surface area (Å²) >= 11 is 6.65. The molecule has 1 amide bonds. The first-order valence-electron chi connectivity index (χ1n) is 22.3. The molecule has 0 spiro atoms. The number of halogens is 2. The van der Waals surface area contributed by atoms with E-state index in [9.17, 15) is 4.79 Å². The molecule has 1 aromatic carbocycles. The van der Waals surface area contributed by atoms with Gasteiger partial charge in [0, 0.05) is 18.2 Å². The Morgan fingerprint density at radius 3 is 1.57 bits per heavy atom. The molecular formula is C47H80ClIN2O3. The molecule has 1 heterocycles. The minimum absolute atomic E-state index is 0. The molecule has 310 valence electrons. The lowest BCUT2D eigenvalue weighted by atomic mass is 10.0. The van der Waals surface area contributed by atoms with E-state index in [-0.39, 0.29) is 29.9 Å². The van der Waals surface area contributed by atoms with Crippen LogP contribution in [0.15, 0.2) is 42.6 Å². The highest BCUT2D eigenvalue weighted by Gasteiger charge is 2.22. The second-order valence-electron chi connectivity index (χ2n) is 15.5. The van der Waals surface area contributed by atoms with E-state index in [1.54, 1.807) is 6.07 Å². The molecule has 0 fully saturated rings. The number of aromatic nitrogens is 1. The van der Waals surface area contributed by atoms with Crippen molar-refractivity contribution in [2.24, 2.45) is 7.05 Å². The zero-order valence-corrected chi connectivity index (χ0v) is 37.9. The molecule has 2 rings (SSSR count). The van der Waals surface area contributed by atoms with Gasteiger partial charge in [-0.25, -0.2) is 4.57 Å². The summed E-state index contributed by atoms with van der Waals surface area (Å²) in [6.45, 7) is 5.69. The number of hydrogen-bond acceptors (Lipinski definition) is 3. The molecule has 1 aromatic heterocycles. The van der Waals surface area contributed by atoms with Crippen LogP contribution < -0.4 is 43.3 Å². The number of hydrogen-bond donors (Lipinski definition) is 1. The first-order valence-corrected chi connectivity index (χ1v) is 22.7. The van der Waals surface area contributed by atoms with Crippen LogP contribution in [0.1, 0.15) is 206 Å². The van der Waals surface area contributed by atoms with E-state index in [0.717, 1.165) is 25.0 Å². The molecule has 0 saturated heterocycles. The highest BCUT2D eigenvalue weighted by molar-refractivity contribution is 6.32. The fourth-order valence-electron chi connectivity index (χ4n) is 7.12. The molecular weight excluding hydrogens is 803 g/mol. The average molecular weight is 884 g/mol. The minimum Gasteiger partial charge on any atom is -1.00 e. The summed E-state index contributed by atoms with van der Waals surface area (Å²) in [6, 6.07) is 11.6. The summed E-state index contributed by atoms with van der Waals surface area (Å²) in [6.07, 6.45) is 39.2. The Hall–Kier alpha value is -1.54. The third kappa shape index (κ3) is 26.3. The Morgan fingerprint density at radius 2 is 1.11 bits per heavy atom. The van der Waals surface area contributed by atoms with Gasteiger partial charge in [0.25, 0.3) is 5.91 Å². The lowest BCUT2D eigenvalue weighted by molar-refractivity contribution is -0.679. The van der Waals surface area contributed by atoms with Crippen molar-refractivity contribution in [3.05, 3.63) is 53.3 Å². The van der Waals surface area contributed by atoms with Crippen molar-refractivity contribution in [2.75, 3.05) is 6.61 Å². The smallest absolute Gasteiger partial charge is 0.261 e. The number of nitrogens with zero attached hydrogens (tertiary/aromatic N) is 1. The van der Waals surface area contributed by atoms with Crippen LogP contribution in [0.4, 0.5) is 0 Å². The van der Waals surface area contributed by atoms with Crippen LogP contribution in [0.25, 0.3) is 0 Å². The van der Waals surface area contributed by atoms with Gasteiger partial charge in [-0.2, -0.15) is 0 Å². The van der Waals surface area contributed by atoms with E-state index in [1.165, 1.54) is 161 Å². The van der Waals surface area contributed by atoms with E-state index < -0.39 is 6.10 Å². The van der Waals surface area contributed by atoms with Gasteiger partial charge >= 0.3 is 0 Å². The third-order valence-electron chi connectivity index (χ3n) is 10.7. The number of carbonyl (C=O) groups excluding carboxylic acids is 1. The summed E-state index contributed by atoms with van der Waals surface area (Å²) in [4.78, 5) is 13.4. The molecule has 0 radical (unpaired) electrons. The standard InChI is InChI=1S/C47H79ClN2O3.HI/c1-4-6-8-10-12-14-16-18-20-22-24-26-28-30-35-46(47(51)49-41-42-34-31-32-38-50(42)3)53-43-36-37-45(44(48)40-43)52-39-33-29-27-25-23-21-19-17-15-13-11-9-7-5-2;/h31-32,34,36-38,40,46H,4-30,33,35,39,41H2,1-3H3;1H. The molecule has 0 saturated carbocycles. The predicted molar refractivity (Wildman–Crippen MR) is 226 cm³/mol. The van der Waals surface area contributed by atoms with Crippen LogP contribution in [0.3, 0.4) is 0 Å². The Bertz CT molecular complexity index is 1170. The number of benzene rings is 1. The highest BCUT2D eigenvalue weighted by Crippen LogP contribution is 2.30. The van der Waals surface area contributed by atoms with Gasteiger partial charge in [-0.15, -0.1) is 0 Å². The average Bonchev–Trinajstić information content (AvgIpc) is 3.16. The van der Waals surface area contributed by atoms with E-state index in [4.69, 9.17) is 21.1 Å². The van der Waals surface area contributed by atoms with Gasteiger partial charge in [0.1, 0.15) is 25.1 Å². The number of nitrogens with one attached hydrogen (secondary N) is 1. The molecule has 0 bridgehead atoms. The van der Waals surface area contributed by atoms with Gasteiger partial charge < -0.3 is 38.8 Å². The number of carbonyl (C=O) groups is 1. The SMILES string of the molecule is CCCCCCCCCCCCCCCCOc1ccc(OC(CCCCCCCCCCCCCCCC)C(=O)NCc2cccc[n+]2C)cc1Cl.[I-]. The van der Waals surface area contributed by atoms with Gasteiger partial charge in [-0.05, 0) is 31.4 Å². The van der Waals surface area contributed by atoms with Gasteiger partial charge in [-0.3, -0.25) is 4.79 Å². The fourth-order valence-corrected chi connectivity index (χ4v) is 7.34. The first-order chi connectivity index (χ1) is 26.0. The maximum Gasteiger partial charge on any atom is 0.261 e. The van der Waals surface area contributed by atoms with E-state index in [2.05, 4.69) is 19.2 Å². The summed E-state index contributed by atoms with van der Waals surface area (Å²) in [7, 11) is 2.00. The molecule has 1 N–H and O–H groups in total. The zero-order chi connectivity index (χ0) is 38.0. The van der Waals surface area contributed by atoms with Crippen molar-refractivity contribution in [2.45, 2.75) is 213 Å². The van der Waals surface area contributed by atoms with Crippen molar-refractivity contribution in [1.82, 2.24) is 5.32 Å². The summed E-state index contributed by atoms with van der Waals surface area (Å²) < 4.78 is 14.4. The van der Waals surface area contributed by atoms with Gasteiger partial charge in [-0.1, -0.05) is 198 Å². The Morgan fingerprint density at radius 1 is 0.648 bits per heavy atom. The molecule has 0 aliphatic carbocycles. The van der Waals surface area contributed by atoms with Crippen molar-refractivity contribution in [3.63, 3.8) is 0 Å². The molecule has 0 aliphatic rings. The summed E-state index contributed by atoms with van der Waals surface area (Å²) in [5, 5.41) is 3.64. The van der Waals surface area contributed by atoms with Gasteiger partial charge in [0.15, 0.2) is 18.0 Å². The van der Waals surface area contributed by atoms with Gasteiger partial charge in [0.2, 0.25) is 0 Å². The normalized spacial score (nSPS) is 11.6. The largest absolute Gasteiger partial charge is 1.00 e. The van der Waals surface area contributed by atoms with E-state index in [1.807, 2.05) is 48.1 Å². The Kier molecular flexibility index (Phi) is 33.5. The maximum atomic E-state index is 13.4.